The van der Waals surface area contributed by atoms with E-state index in [9.17, 15) is 14.4 Å². The van der Waals surface area contributed by atoms with Crippen molar-refractivity contribution in [3.05, 3.63) is 90.5 Å². The molecule has 1 aliphatic heterocycles. The van der Waals surface area contributed by atoms with Gasteiger partial charge in [-0.3, -0.25) is 24.6 Å². The predicted octanol–water partition coefficient (Wildman–Crippen LogP) is 5.38. The highest BCUT2D eigenvalue weighted by Crippen LogP contribution is 2.39. The second-order valence-corrected chi connectivity index (χ2v) is 8.56. The third-order valence-electron chi connectivity index (χ3n) is 5.35. The van der Waals surface area contributed by atoms with Gasteiger partial charge in [-0.25, -0.2) is 4.98 Å². The number of benzene rings is 3. The smallest absolute Gasteiger partial charge is 0.257 e. The minimum absolute atomic E-state index is 0.193. The number of hydrogen-bond donors (Lipinski definition) is 1. The molecule has 3 amide bonds. The number of carbonyl (C=O) groups is 3. The van der Waals surface area contributed by atoms with E-state index in [0.29, 0.717) is 16.4 Å². The van der Waals surface area contributed by atoms with Crippen LogP contribution in [0.4, 0.5) is 10.8 Å². The normalized spacial score (nSPS) is 13.4. The van der Waals surface area contributed by atoms with Gasteiger partial charge in [0, 0.05) is 24.0 Å². The van der Waals surface area contributed by atoms with Crippen molar-refractivity contribution in [1.29, 1.82) is 0 Å². The molecule has 0 aliphatic carbocycles. The number of nitrogens with zero attached hydrogens (tertiary/aromatic N) is 2. The highest BCUT2D eigenvalue weighted by atomic mass is 32.1. The van der Waals surface area contributed by atoms with Crippen LogP contribution in [-0.2, 0) is 9.59 Å². The topological polar surface area (TPSA) is 79.4 Å². The second kappa shape index (κ2) is 8.80. The van der Waals surface area contributed by atoms with Crippen LogP contribution < -0.4 is 10.2 Å². The summed E-state index contributed by atoms with van der Waals surface area (Å²) in [6.45, 7) is 0. The summed E-state index contributed by atoms with van der Waals surface area (Å²) >= 11 is 1.40. The first kappa shape index (κ1) is 20.8. The summed E-state index contributed by atoms with van der Waals surface area (Å²) in [5.41, 5.74) is 3.52. The molecule has 3 aromatic carbocycles. The molecule has 1 fully saturated rings. The van der Waals surface area contributed by atoms with E-state index < -0.39 is 0 Å². The Bertz CT molecular complexity index is 1280. The molecule has 1 aliphatic rings. The van der Waals surface area contributed by atoms with E-state index in [0.717, 1.165) is 26.6 Å². The lowest BCUT2D eigenvalue weighted by atomic mass is 10.1. The molecule has 0 saturated carbocycles. The lowest BCUT2D eigenvalue weighted by Crippen LogP contribution is -2.28. The Balaban J connectivity index is 1.46. The Morgan fingerprint density at radius 1 is 0.818 bits per heavy atom. The Morgan fingerprint density at radius 3 is 2.12 bits per heavy atom. The zero-order chi connectivity index (χ0) is 22.8. The van der Waals surface area contributed by atoms with Gasteiger partial charge in [0.15, 0.2) is 5.13 Å². The average Bonchev–Trinajstić information content (AvgIpc) is 3.43. The number of anilines is 2. The molecule has 2 heterocycles. The molecule has 0 atom stereocenters. The molecule has 0 spiro atoms. The fourth-order valence-corrected chi connectivity index (χ4v) is 4.76. The van der Waals surface area contributed by atoms with Gasteiger partial charge in [0.2, 0.25) is 11.8 Å². The van der Waals surface area contributed by atoms with Gasteiger partial charge in [0.25, 0.3) is 5.91 Å². The number of carbonyl (C=O) groups excluding carboxylic acids is 3. The number of aromatic nitrogens is 1. The first-order chi connectivity index (χ1) is 16.1. The van der Waals surface area contributed by atoms with Crippen molar-refractivity contribution in [3.63, 3.8) is 0 Å². The summed E-state index contributed by atoms with van der Waals surface area (Å²) < 4.78 is 0. The number of thiazole rings is 1. The molecule has 6 nitrogen and oxygen atoms in total. The van der Waals surface area contributed by atoms with Crippen LogP contribution in [0.5, 0.6) is 0 Å². The zero-order valence-electron chi connectivity index (χ0n) is 17.5. The number of nitrogens with one attached hydrogen (secondary N) is 1. The summed E-state index contributed by atoms with van der Waals surface area (Å²) in [5.74, 6) is -0.862. The van der Waals surface area contributed by atoms with E-state index in [2.05, 4.69) is 5.32 Å². The van der Waals surface area contributed by atoms with Crippen molar-refractivity contribution in [2.75, 3.05) is 10.2 Å². The maximum absolute atomic E-state index is 13.0. The van der Waals surface area contributed by atoms with Crippen LogP contribution >= 0.6 is 11.3 Å². The number of amides is 3. The minimum atomic E-state index is -0.357. The zero-order valence-corrected chi connectivity index (χ0v) is 18.3. The van der Waals surface area contributed by atoms with Crippen LogP contribution in [0.25, 0.3) is 21.7 Å². The molecule has 1 saturated heterocycles. The van der Waals surface area contributed by atoms with Crippen LogP contribution in [0, 0.1) is 0 Å². The number of rotatable bonds is 5. The third-order valence-corrected chi connectivity index (χ3v) is 6.37. The Hall–Kier alpha value is -4.10. The first-order valence-electron chi connectivity index (χ1n) is 10.5. The van der Waals surface area contributed by atoms with Crippen LogP contribution in [0.1, 0.15) is 23.2 Å². The van der Waals surface area contributed by atoms with Crippen molar-refractivity contribution in [3.8, 4) is 21.7 Å². The van der Waals surface area contributed by atoms with E-state index in [1.807, 2.05) is 60.7 Å². The largest absolute Gasteiger partial charge is 0.298 e. The Kier molecular flexibility index (Phi) is 5.54. The standard InChI is InChI=1S/C26H19N3O3S/c30-21-14-15-22(31)29(21)20-13-7-12-19(16-20)25(32)28-26-27-23(17-8-3-1-4-9-17)24(33-26)18-10-5-2-6-11-18/h1-13,16H,14-15H2,(H,27,28,32). The van der Waals surface area contributed by atoms with Gasteiger partial charge in [0.1, 0.15) is 0 Å². The lowest BCUT2D eigenvalue weighted by Gasteiger charge is -2.14. The second-order valence-electron chi connectivity index (χ2n) is 7.56. The highest BCUT2D eigenvalue weighted by molar-refractivity contribution is 7.19. The summed E-state index contributed by atoms with van der Waals surface area (Å²) in [6, 6.07) is 26.3. The molecule has 162 valence electrons. The fourth-order valence-electron chi connectivity index (χ4n) is 3.77. The molecule has 0 radical (unpaired) electrons. The van der Waals surface area contributed by atoms with Gasteiger partial charge in [0.05, 0.1) is 16.3 Å². The average molecular weight is 454 g/mol. The van der Waals surface area contributed by atoms with Gasteiger partial charge in [-0.1, -0.05) is 78.1 Å². The summed E-state index contributed by atoms with van der Waals surface area (Å²) in [7, 11) is 0. The lowest BCUT2D eigenvalue weighted by molar-refractivity contribution is -0.121. The Labute approximate surface area is 194 Å². The van der Waals surface area contributed by atoms with Crippen LogP contribution in [0.3, 0.4) is 0 Å². The van der Waals surface area contributed by atoms with E-state index in [1.165, 1.54) is 11.3 Å². The molecule has 1 N–H and O–H groups in total. The maximum Gasteiger partial charge on any atom is 0.257 e. The van der Waals surface area contributed by atoms with Gasteiger partial charge in [-0.15, -0.1) is 0 Å². The fraction of sp³-hybridized carbons (Fsp3) is 0.0769. The molecular formula is C26H19N3O3S. The monoisotopic (exact) mass is 453 g/mol. The van der Waals surface area contributed by atoms with E-state index in [-0.39, 0.29) is 30.6 Å². The number of imide groups is 1. The van der Waals surface area contributed by atoms with Gasteiger partial charge < -0.3 is 0 Å². The molecule has 4 aromatic rings. The summed E-state index contributed by atoms with van der Waals surface area (Å²) in [6.07, 6.45) is 0.387. The van der Waals surface area contributed by atoms with Crippen LogP contribution in [0.15, 0.2) is 84.9 Å². The molecule has 5 rings (SSSR count). The SMILES string of the molecule is O=C(Nc1nc(-c2ccccc2)c(-c2ccccc2)s1)c1cccc(N2C(=O)CCC2=O)c1. The van der Waals surface area contributed by atoms with Crippen molar-refractivity contribution in [2.45, 2.75) is 12.8 Å². The van der Waals surface area contributed by atoms with Gasteiger partial charge >= 0.3 is 0 Å². The molecule has 7 heteroatoms. The van der Waals surface area contributed by atoms with Crippen LogP contribution in [-0.4, -0.2) is 22.7 Å². The highest BCUT2D eigenvalue weighted by Gasteiger charge is 2.30. The first-order valence-corrected chi connectivity index (χ1v) is 11.3. The van der Waals surface area contributed by atoms with Crippen LogP contribution in [0.2, 0.25) is 0 Å². The maximum atomic E-state index is 13.0. The van der Waals surface area contributed by atoms with Gasteiger partial charge in [-0.05, 0) is 23.8 Å². The van der Waals surface area contributed by atoms with E-state index >= 15 is 0 Å². The molecule has 33 heavy (non-hydrogen) atoms. The predicted molar refractivity (Wildman–Crippen MR) is 129 cm³/mol. The molecule has 1 aromatic heterocycles. The summed E-state index contributed by atoms with van der Waals surface area (Å²) in [5, 5.41) is 3.35. The van der Waals surface area contributed by atoms with Crippen molar-refractivity contribution in [1.82, 2.24) is 4.98 Å². The summed E-state index contributed by atoms with van der Waals surface area (Å²) in [4.78, 5) is 43.9. The van der Waals surface area contributed by atoms with Crippen molar-refractivity contribution < 1.29 is 14.4 Å². The van der Waals surface area contributed by atoms with Crippen molar-refractivity contribution >= 4 is 39.9 Å². The van der Waals surface area contributed by atoms with E-state index in [4.69, 9.17) is 4.98 Å². The quantitative estimate of drug-likeness (QED) is 0.411. The third kappa shape index (κ3) is 4.18. The molecular weight excluding hydrogens is 434 g/mol. The van der Waals surface area contributed by atoms with Gasteiger partial charge in [-0.2, -0.15) is 0 Å². The van der Waals surface area contributed by atoms with E-state index in [1.54, 1.807) is 24.3 Å². The van der Waals surface area contributed by atoms with Crippen molar-refractivity contribution in [2.24, 2.45) is 0 Å². The number of hydrogen-bond acceptors (Lipinski definition) is 5. The molecule has 0 bridgehead atoms. The Morgan fingerprint density at radius 2 is 1.45 bits per heavy atom. The molecule has 0 unspecified atom stereocenters. The minimum Gasteiger partial charge on any atom is -0.298 e.